The molecule has 2 aliphatic carbocycles. The lowest BCUT2D eigenvalue weighted by molar-refractivity contribution is -0.122. The van der Waals surface area contributed by atoms with Crippen molar-refractivity contribution in [2.45, 2.75) is 44.6 Å². The maximum Gasteiger partial charge on any atom is 0.224 e. The Morgan fingerprint density at radius 3 is 3.12 bits per heavy atom. The molecule has 0 saturated heterocycles. The molecular weight excluding hydrogens is 320 g/mol. The van der Waals surface area contributed by atoms with Gasteiger partial charge in [-0.3, -0.25) is 9.89 Å². The summed E-state index contributed by atoms with van der Waals surface area (Å²) in [7, 11) is 0. The van der Waals surface area contributed by atoms with E-state index >= 15 is 0 Å². The number of hydrogen-bond acceptors (Lipinski definition) is 3. The van der Waals surface area contributed by atoms with Gasteiger partial charge >= 0.3 is 0 Å². The van der Waals surface area contributed by atoms with Gasteiger partial charge in [-0.25, -0.2) is 0 Å². The van der Waals surface area contributed by atoms with Crippen LogP contribution in [0.1, 0.15) is 36.2 Å². The van der Waals surface area contributed by atoms with E-state index in [0.29, 0.717) is 17.9 Å². The zero-order valence-electron chi connectivity index (χ0n) is 13.8. The summed E-state index contributed by atoms with van der Waals surface area (Å²) in [6.07, 6.45) is 4.45. The lowest BCUT2D eigenvalue weighted by atomic mass is 9.78. The Kier molecular flexibility index (Phi) is 3.79. The van der Waals surface area contributed by atoms with E-state index in [4.69, 9.17) is 12.2 Å². The number of H-pyrrole nitrogens is 1. The highest BCUT2D eigenvalue weighted by Gasteiger charge is 2.59. The molecule has 6 heteroatoms. The molecule has 1 heterocycles. The standard InChI is InChI=1S/C18H22N4OS/c1-12-20-21-17(24)22(12)10-9-19-16(23)15-11-18(15)8-4-6-13-5-2-3-7-14(13)18/h2-3,5,7,15H,4,6,8-11H2,1H3,(H,19,23)(H,21,24). The van der Waals surface area contributed by atoms with Gasteiger partial charge in [0.1, 0.15) is 5.82 Å². The number of aryl methyl sites for hydroxylation is 2. The van der Waals surface area contributed by atoms with Crippen molar-refractivity contribution in [1.29, 1.82) is 0 Å². The van der Waals surface area contributed by atoms with Crippen molar-refractivity contribution in [2.24, 2.45) is 5.92 Å². The first-order valence-electron chi connectivity index (χ1n) is 8.60. The minimum atomic E-state index is 0.0980. The van der Waals surface area contributed by atoms with Crippen LogP contribution in [0.3, 0.4) is 0 Å². The molecule has 0 radical (unpaired) electrons. The molecule has 2 atom stereocenters. The molecule has 2 aromatic rings. The summed E-state index contributed by atoms with van der Waals surface area (Å²) in [5.74, 6) is 1.15. The SMILES string of the molecule is Cc1n[nH]c(=S)n1CCNC(=O)C1CC12CCCc1ccccc12. The molecule has 1 saturated carbocycles. The normalized spacial score (nSPS) is 24.6. The van der Waals surface area contributed by atoms with Crippen molar-refractivity contribution in [2.75, 3.05) is 6.54 Å². The minimum Gasteiger partial charge on any atom is -0.354 e. The highest BCUT2D eigenvalue weighted by Crippen LogP contribution is 2.60. The van der Waals surface area contributed by atoms with Crippen LogP contribution in [0.25, 0.3) is 0 Å². The molecular formula is C18H22N4OS. The Morgan fingerprint density at radius 2 is 2.33 bits per heavy atom. The Bertz CT molecular complexity index is 840. The number of hydrogen-bond donors (Lipinski definition) is 2. The smallest absolute Gasteiger partial charge is 0.224 e. The van der Waals surface area contributed by atoms with E-state index in [1.807, 2.05) is 11.5 Å². The molecule has 2 N–H and O–H groups in total. The first-order chi connectivity index (χ1) is 11.6. The van der Waals surface area contributed by atoms with Gasteiger partial charge in [0.2, 0.25) is 5.91 Å². The van der Waals surface area contributed by atoms with Crippen molar-refractivity contribution in [3.05, 3.63) is 46.0 Å². The molecule has 1 aromatic heterocycles. The van der Waals surface area contributed by atoms with E-state index in [1.54, 1.807) is 0 Å². The van der Waals surface area contributed by atoms with Gasteiger partial charge in [-0.2, -0.15) is 5.10 Å². The molecule has 126 valence electrons. The molecule has 0 bridgehead atoms. The van der Waals surface area contributed by atoms with E-state index < -0.39 is 0 Å². The quantitative estimate of drug-likeness (QED) is 0.840. The number of benzene rings is 1. The predicted molar refractivity (Wildman–Crippen MR) is 94.3 cm³/mol. The molecule has 2 unspecified atom stereocenters. The largest absolute Gasteiger partial charge is 0.354 e. The average molecular weight is 342 g/mol. The molecule has 2 aliphatic rings. The van der Waals surface area contributed by atoms with Gasteiger partial charge in [0.25, 0.3) is 0 Å². The number of nitrogens with one attached hydrogen (secondary N) is 2. The molecule has 1 amide bonds. The number of carbonyl (C=O) groups is 1. The maximum absolute atomic E-state index is 12.6. The lowest BCUT2D eigenvalue weighted by Crippen LogP contribution is -2.32. The van der Waals surface area contributed by atoms with Crippen LogP contribution in [0.15, 0.2) is 24.3 Å². The molecule has 5 nitrogen and oxygen atoms in total. The van der Waals surface area contributed by atoms with E-state index in [1.165, 1.54) is 17.5 Å². The maximum atomic E-state index is 12.6. The van der Waals surface area contributed by atoms with Gasteiger partial charge in [-0.05, 0) is 56.0 Å². The first-order valence-corrected chi connectivity index (χ1v) is 9.00. The van der Waals surface area contributed by atoms with Crippen molar-refractivity contribution in [3.63, 3.8) is 0 Å². The fourth-order valence-electron chi connectivity index (χ4n) is 4.25. The number of amides is 1. The van der Waals surface area contributed by atoms with Gasteiger partial charge in [0, 0.05) is 24.4 Å². The second-order valence-corrected chi connectivity index (χ2v) is 7.33. The van der Waals surface area contributed by atoms with Crippen LogP contribution in [-0.2, 0) is 23.2 Å². The summed E-state index contributed by atoms with van der Waals surface area (Å²) < 4.78 is 2.51. The van der Waals surface area contributed by atoms with Crippen LogP contribution < -0.4 is 5.32 Å². The zero-order chi connectivity index (χ0) is 16.7. The Morgan fingerprint density at radius 1 is 1.50 bits per heavy atom. The van der Waals surface area contributed by atoms with Crippen molar-refractivity contribution in [3.8, 4) is 0 Å². The van der Waals surface area contributed by atoms with E-state index in [0.717, 1.165) is 25.1 Å². The van der Waals surface area contributed by atoms with Gasteiger partial charge in [-0.1, -0.05) is 24.3 Å². The number of aromatic nitrogens is 3. The minimum absolute atomic E-state index is 0.0980. The number of carbonyl (C=O) groups excluding carboxylic acids is 1. The fourth-order valence-corrected chi connectivity index (χ4v) is 4.52. The van der Waals surface area contributed by atoms with Crippen LogP contribution in [-0.4, -0.2) is 27.2 Å². The molecule has 1 spiro atoms. The number of nitrogens with zero attached hydrogens (tertiary/aromatic N) is 2. The highest BCUT2D eigenvalue weighted by molar-refractivity contribution is 7.71. The summed E-state index contributed by atoms with van der Waals surface area (Å²) in [5, 5.41) is 9.95. The number of rotatable bonds is 4. The van der Waals surface area contributed by atoms with Gasteiger partial charge in [0.15, 0.2) is 4.77 Å². The zero-order valence-corrected chi connectivity index (χ0v) is 14.7. The second-order valence-electron chi connectivity index (χ2n) is 6.94. The third-order valence-electron chi connectivity index (χ3n) is 5.60. The Hall–Kier alpha value is -1.95. The first kappa shape index (κ1) is 15.6. The lowest BCUT2D eigenvalue weighted by Gasteiger charge is -2.26. The molecule has 4 rings (SSSR count). The van der Waals surface area contributed by atoms with E-state index in [-0.39, 0.29) is 17.2 Å². The molecule has 0 aliphatic heterocycles. The van der Waals surface area contributed by atoms with E-state index in [2.05, 4.69) is 39.8 Å². The Balaban J connectivity index is 1.40. The van der Waals surface area contributed by atoms with Crippen LogP contribution in [0.4, 0.5) is 0 Å². The summed E-state index contributed by atoms with van der Waals surface area (Å²) in [5.41, 5.74) is 2.93. The highest BCUT2D eigenvalue weighted by atomic mass is 32.1. The fraction of sp³-hybridized carbons (Fsp3) is 0.500. The van der Waals surface area contributed by atoms with Gasteiger partial charge < -0.3 is 9.88 Å². The number of aromatic amines is 1. The molecule has 1 aromatic carbocycles. The van der Waals surface area contributed by atoms with Gasteiger partial charge in [-0.15, -0.1) is 0 Å². The van der Waals surface area contributed by atoms with Gasteiger partial charge in [0.05, 0.1) is 0 Å². The molecule has 1 fully saturated rings. The van der Waals surface area contributed by atoms with Crippen LogP contribution >= 0.6 is 12.2 Å². The van der Waals surface area contributed by atoms with Crippen molar-refractivity contribution in [1.82, 2.24) is 20.1 Å². The predicted octanol–water partition coefficient (Wildman–Crippen LogP) is 2.66. The number of fused-ring (bicyclic) bond motifs is 2. The van der Waals surface area contributed by atoms with Crippen molar-refractivity contribution < 1.29 is 4.79 Å². The van der Waals surface area contributed by atoms with Crippen LogP contribution in [0.2, 0.25) is 0 Å². The van der Waals surface area contributed by atoms with Crippen LogP contribution in [0.5, 0.6) is 0 Å². The van der Waals surface area contributed by atoms with Crippen LogP contribution in [0, 0.1) is 17.6 Å². The Labute approximate surface area is 146 Å². The average Bonchev–Trinajstić information content (AvgIpc) is 3.22. The third kappa shape index (κ3) is 2.49. The monoisotopic (exact) mass is 342 g/mol. The third-order valence-corrected chi connectivity index (χ3v) is 5.91. The summed E-state index contributed by atoms with van der Waals surface area (Å²) >= 11 is 5.19. The molecule has 24 heavy (non-hydrogen) atoms. The summed E-state index contributed by atoms with van der Waals surface area (Å²) in [6.45, 7) is 3.15. The summed E-state index contributed by atoms with van der Waals surface area (Å²) in [6, 6.07) is 8.64. The van der Waals surface area contributed by atoms with Crippen molar-refractivity contribution >= 4 is 18.1 Å². The summed E-state index contributed by atoms with van der Waals surface area (Å²) in [4.78, 5) is 12.6. The van der Waals surface area contributed by atoms with E-state index in [9.17, 15) is 4.79 Å². The second kappa shape index (κ2) is 5.84. The topological polar surface area (TPSA) is 62.7 Å².